The molecule has 4 aromatic rings. The van der Waals surface area contributed by atoms with E-state index in [1.165, 1.54) is 31.4 Å². The van der Waals surface area contributed by atoms with E-state index in [-0.39, 0.29) is 11.5 Å². The highest BCUT2D eigenvalue weighted by atomic mass is 19.4. The molecule has 0 aliphatic rings. The van der Waals surface area contributed by atoms with Crippen molar-refractivity contribution in [1.29, 1.82) is 0 Å². The molecule has 0 unspecified atom stereocenters. The molecule has 3 N–H and O–H groups in total. The van der Waals surface area contributed by atoms with Gasteiger partial charge in [0.25, 0.3) is 0 Å². The molecular weight excluding hydrogens is 401 g/mol. The third kappa shape index (κ3) is 4.07. The number of phenolic OH excluding ortho intramolecular Hbond substituents is 1. The summed E-state index contributed by atoms with van der Waals surface area (Å²) in [6, 6.07) is 12.0. The van der Waals surface area contributed by atoms with Crippen molar-refractivity contribution in [3.8, 4) is 28.6 Å². The molecule has 0 aliphatic carbocycles. The lowest BCUT2D eigenvalue weighted by atomic mass is 10.2. The number of hydrogen-bond acceptors (Lipinski definition) is 6. The van der Waals surface area contributed by atoms with Crippen LogP contribution in [0.5, 0.6) is 17.2 Å². The monoisotopic (exact) mass is 416 g/mol. The Labute approximate surface area is 168 Å². The van der Waals surface area contributed by atoms with E-state index in [0.717, 1.165) is 0 Å². The van der Waals surface area contributed by atoms with Crippen LogP contribution in [-0.2, 0) is 0 Å². The third-order valence-electron chi connectivity index (χ3n) is 4.18. The highest BCUT2D eigenvalue weighted by Gasteiger charge is 2.31. The Kier molecular flexibility index (Phi) is 4.82. The summed E-state index contributed by atoms with van der Waals surface area (Å²) in [6.45, 7) is 0. The molecule has 0 atom stereocenters. The minimum absolute atomic E-state index is 0.0427. The average molecular weight is 416 g/mol. The number of hydrogen-bond donors (Lipinski definition) is 3. The quantitative estimate of drug-likeness (QED) is 0.425. The second kappa shape index (κ2) is 7.47. The van der Waals surface area contributed by atoms with Gasteiger partial charge in [-0.05, 0) is 30.3 Å². The first-order valence-electron chi connectivity index (χ1n) is 8.67. The number of imidazole rings is 1. The predicted molar refractivity (Wildman–Crippen MR) is 104 cm³/mol. The molecule has 7 nitrogen and oxygen atoms in total. The summed E-state index contributed by atoms with van der Waals surface area (Å²) in [7, 11) is 1.45. The molecule has 0 saturated heterocycles. The van der Waals surface area contributed by atoms with Crippen molar-refractivity contribution in [1.82, 2.24) is 15.0 Å². The first kappa shape index (κ1) is 19.4. The second-order valence-corrected chi connectivity index (χ2v) is 6.23. The number of nitrogens with one attached hydrogen (secondary N) is 2. The fraction of sp³-hybridized carbons (Fsp3) is 0.100. The maximum Gasteiger partial charge on any atom is 0.573 e. The normalized spacial score (nSPS) is 11.5. The number of aromatic amines is 1. The molecule has 2 heterocycles. The number of fused-ring (bicyclic) bond motifs is 1. The SMILES string of the molecule is COc1ccc(Nc2nccc3[nH]c(-c4cccc(OC(F)(F)F)c4)nc23)cc1O. The van der Waals surface area contributed by atoms with Crippen LogP contribution in [0.1, 0.15) is 0 Å². The molecule has 154 valence electrons. The molecule has 30 heavy (non-hydrogen) atoms. The van der Waals surface area contributed by atoms with Gasteiger partial charge in [-0.2, -0.15) is 0 Å². The number of nitrogens with zero attached hydrogens (tertiary/aromatic N) is 2. The number of phenols is 1. The lowest BCUT2D eigenvalue weighted by molar-refractivity contribution is -0.274. The van der Waals surface area contributed by atoms with Crippen LogP contribution < -0.4 is 14.8 Å². The number of anilines is 2. The Balaban J connectivity index is 1.67. The van der Waals surface area contributed by atoms with Gasteiger partial charge in [0.15, 0.2) is 17.3 Å². The molecule has 0 spiro atoms. The number of halogens is 3. The first-order chi connectivity index (χ1) is 14.3. The Hall–Kier alpha value is -3.95. The lowest BCUT2D eigenvalue weighted by Crippen LogP contribution is -2.17. The van der Waals surface area contributed by atoms with Gasteiger partial charge in [0.1, 0.15) is 17.1 Å². The van der Waals surface area contributed by atoms with Crippen molar-refractivity contribution in [3.63, 3.8) is 0 Å². The maximum atomic E-state index is 12.5. The van der Waals surface area contributed by atoms with Crippen LogP contribution in [0, 0.1) is 0 Å². The Morgan fingerprint density at radius 1 is 1.10 bits per heavy atom. The Morgan fingerprint density at radius 2 is 1.93 bits per heavy atom. The van der Waals surface area contributed by atoms with E-state index in [1.807, 2.05) is 0 Å². The molecule has 0 fully saturated rings. The van der Waals surface area contributed by atoms with Gasteiger partial charge in [-0.3, -0.25) is 0 Å². The van der Waals surface area contributed by atoms with E-state index in [1.54, 1.807) is 30.5 Å². The largest absolute Gasteiger partial charge is 0.573 e. The molecule has 2 aromatic carbocycles. The minimum atomic E-state index is -4.78. The molecule has 0 saturated carbocycles. The number of H-pyrrole nitrogens is 1. The lowest BCUT2D eigenvalue weighted by Gasteiger charge is -2.09. The highest BCUT2D eigenvalue weighted by Crippen LogP contribution is 2.32. The smallest absolute Gasteiger partial charge is 0.504 e. The van der Waals surface area contributed by atoms with Crippen molar-refractivity contribution in [2.24, 2.45) is 0 Å². The number of methoxy groups -OCH3 is 1. The second-order valence-electron chi connectivity index (χ2n) is 6.23. The van der Waals surface area contributed by atoms with Crippen LogP contribution >= 0.6 is 0 Å². The summed E-state index contributed by atoms with van der Waals surface area (Å²) >= 11 is 0. The fourth-order valence-electron chi connectivity index (χ4n) is 2.91. The van der Waals surface area contributed by atoms with Gasteiger partial charge in [0, 0.05) is 23.5 Å². The summed E-state index contributed by atoms with van der Waals surface area (Å²) in [5.41, 5.74) is 2.08. The molecular formula is C20H15F3N4O3. The van der Waals surface area contributed by atoms with Gasteiger partial charge in [-0.1, -0.05) is 12.1 Å². The number of benzene rings is 2. The average Bonchev–Trinajstić information content (AvgIpc) is 3.13. The van der Waals surface area contributed by atoms with E-state index in [4.69, 9.17) is 4.74 Å². The third-order valence-corrected chi connectivity index (χ3v) is 4.18. The van der Waals surface area contributed by atoms with Gasteiger partial charge in [-0.25, -0.2) is 9.97 Å². The zero-order valence-corrected chi connectivity index (χ0v) is 15.5. The van der Waals surface area contributed by atoms with Crippen molar-refractivity contribution >= 4 is 22.5 Å². The number of aromatic hydroxyl groups is 1. The number of rotatable bonds is 5. The van der Waals surface area contributed by atoms with E-state index in [9.17, 15) is 18.3 Å². The van der Waals surface area contributed by atoms with Crippen LogP contribution in [0.15, 0.2) is 54.7 Å². The van der Waals surface area contributed by atoms with Gasteiger partial charge < -0.3 is 24.9 Å². The standard InChI is InChI=1S/C20H15F3N4O3/c1-29-16-6-5-12(10-15(16)28)25-19-17-14(7-8-24-19)26-18(27-17)11-3-2-4-13(9-11)30-20(21,22)23/h2-10,28H,1H3,(H,24,25)(H,26,27). The topological polar surface area (TPSA) is 92.3 Å². The number of ether oxygens (including phenoxy) is 2. The van der Waals surface area contributed by atoms with Crippen molar-refractivity contribution in [3.05, 3.63) is 54.7 Å². The maximum absolute atomic E-state index is 12.5. The van der Waals surface area contributed by atoms with Crippen LogP contribution in [0.2, 0.25) is 0 Å². The van der Waals surface area contributed by atoms with Crippen LogP contribution in [0.25, 0.3) is 22.4 Å². The predicted octanol–water partition coefficient (Wildman–Crippen LogP) is 4.98. The Morgan fingerprint density at radius 3 is 2.67 bits per heavy atom. The summed E-state index contributed by atoms with van der Waals surface area (Å²) < 4.78 is 46.5. The Bertz CT molecular complexity index is 1210. The molecule has 4 rings (SSSR count). The number of pyridine rings is 1. The van der Waals surface area contributed by atoms with Crippen molar-refractivity contribution in [2.75, 3.05) is 12.4 Å². The van der Waals surface area contributed by atoms with Gasteiger partial charge in [-0.15, -0.1) is 13.2 Å². The van der Waals surface area contributed by atoms with Gasteiger partial charge in [0.2, 0.25) is 0 Å². The minimum Gasteiger partial charge on any atom is -0.504 e. The van der Waals surface area contributed by atoms with Crippen LogP contribution in [0.3, 0.4) is 0 Å². The zero-order chi connectivity index (χ0) is 21.3. The summed E-state index contributed by atoms with van der Waals surface area (Å²) in [5.74, 6) is 0.702. The summed E-state index contributed by atoms with van der Waals surface area (Å²) in [5, 5.41) is 13.0. The van der Waals surface area contributed by atoms with E-state index in [2.05, 4.69) is 25.0 Å². The fourth-order valence-corrected chi connectivity index (χ4v) is 2.91. The summed E-state index contributed by atoms with van der Waals surface area (Å²) in [4.78, 5) is 11.8. The van der Waals surface area contributed by atoms with E-state index < -0.39 is 6.36 Å². The molecule has 0 radical (unpaired) electrons. The molecule has 0 aliphatic heterocycles. The number of alkyl halides is 3. The zero-order valence-electron chi connectivity index (χ0n) is 15.5. The van der Waals surface area contributed by atoms with Gasteiger partial charge >= 0.3 is 6.36 Å². The van der Waals surface area contributed by atoms with Crippen LogP contribution in [0.4, 0.5) is 24.7 Å². The highest BCUT2D eigenvalue weighted by molar-refractivity contribution is 5.90. The van der Waals surface area contributed by atoms with E-state index >= 15 is 0 Å². The molecule has 2 aromatic heterocycles. The molecule has 0 amide bonds. The van der Waals surface area contributed by atoms with E-state index in [0.29, 0.717) is 39.7 Å². The first-order valence-corrected chi connectivity index (χ1v) is 8.67. The van der Waals surface area contributed by atoms with Crippen LogP contribution in [-0.4, -0.2) is 33.5 Å². The van der Waals surface area contributed by atoms with Crippen molar-refractivity contribution in [2.45, 2.75) is 6.36 Å². The van der Waals surface area contributed by atoms with Crippen molar-refractivity contribution < 1.29 is 27.8 Å². The summed E-state index contributed by atoms with van der Waals surface area (Å²) in [6.07, 6.45) is -3.23. The molecule has 0 bridgehead atoms. The number of aromatic nitrogens is 3. The van der Waals surface area contributed by atoms with Gasteiger partial charge in [0.05, 0.1) is 12.6 Å². The molecule has 10 heteroatoms.